The number of nitrogen functional groups attached to an aromatic ring is 1. The van der Waals surface area contributed by atoms with Crippen molar-refractivity contribution in [3.05, 3.63) is 30.5 Å². The number of nitrogens with zero attached hydrogens (tertiary/aromatic N) is 1. The first-order chi connectivity index (χ1) is 6.68. The molecule has 0 aliphatic rings. The Morgan fingerprint density at radius 2 is 2.07 bits per heavy atom. The van der Waals surface area contributed by atoms with Crippen LogP contribution in [0.4, 0.5) is 5.69 Å². The Morgan fingerprint density at radius 3 is 2.79 bits per heavy atom. The molecule has 3 N–H and O–H groups in total. The molecular formula is C11H15N3. The van der Waals surface area contributed by atoms with Gasteiger partial charge in [-0.2, -0.15) is 0 Å². The molecule has 0 saturated heterocycles. The van der Waals surface area contributed by atoms with Gasteiger partial charge < -0.3 is 11.2 Å². The maximum atomic E-state index is 5.86. The smallest absolute Gasteiger partial charge is 0.0713 e. The average Bonchev–Trinajstić information content (AvgIpc) is 2.49. The van der Waals surface area contributed by atoms with Crippen LogP contribution in [0.2, 0.25) is 0 Å². The molecule has 0 aliphatic carbocycles. The van der Waals surface area contributed by atoms with Gasteiger partial charge in [-0.3, -0.25) is 4.68 Å². The number of anilines is 1. The number of hydrogen-bond donors (Lipinski definition) is 2. The van der Waals surface area contributed by atoms with Gasteiger partial charge in [-0.15, -0.1) is 0 Å². The van der Waals surface area contributed by atoms with Gasteiger partial charge in [0, 0.05) is 23.3 Å². The molecule has 0 bridgehead atoms. The van der Waals surface area contributed by atoms with Crippen molar-refractivity contribution >= 4 is 16.6 Å². The van der Waals surface area contributed by atoms with Crippen molar-refractivity contribution in [3.8, 4) is 0 Å². The van der Waals surface area contributed by atoms with E-state index in [1.54, 1.807) is 0 Å². The van der Waals surface area contributed by atoms with Crippen molar-refractivity contribution in [2.75, 3.05) is 11.2 Å². The lowest BCUT2D eigenvalue weighted by atomic mass is 10.2. The molecule has 0 fully saturated rings. The van der Waals surface area contributed by atoms with Crippen molar-refractivity contribution in [2.24, 2.45) is 0 Å². The molecule has 14 heavy (non-hydrogen) atoms. The lowest BCUT2D eigenvalue weighted by Gasteiger charge is -2.12. The predicted molar refractivity (Wildman–Crippen MR) is 60.8 cm³/mol. The van der Waals surface area contributed by atoms with Crippen molar-refractivity contribution in [1.29, 1.82) is 0 Å². The van der Waals surface area contributed by atoms with E-state index in [0.29, 0.717) is 6.04 Å². The third kappa shape index (κ3) is 1.41. The highest BCUT2D eigenvalue weighted by Gasteiger charge is 2.03. The normalized spacial score (nSPS) is 11.1. The van der Waals surface area contributed by atoms with E-state index in [9.17, 15) is 0 Å². The summed E-state index contributed by atoms with van der Waals surface area (Å²) < 4.78 is 2.01. The van der Waals surface area contributed by atoms with Crippen LogP contribution in [0.5, 0.6) is 0 Å². The second kappa shape index (κ2) is 3.25. The lowest BCUT2D eigenvalue weighted by molar-refractivity contribution is 0.755. The third-order valence-corrected chi connectivity index (χ3v) is 2.16. The molecule has 3 heteroatoms. The molecule has 74 valence electrons. The Hall–Kier alpha value is -1.64. The van der Waals surface area contributed by atoms with Crippen LogP contribution in [0.25, 0.3) is 10.9 Å². The van der Waals surface area contributed by atoms with E-state index in [4.69, 9.17) is 5.73 Å². The van der Waals surface area contributed by atoms with E-state index in [2.05, 4.69) is 25.3 Å². The fourth-order valence-electron chi connectivity index (χ4n) is 1.58. The van der Waals surface area contributed by atoms with E-state index >= 15 is 0 Å². The number of rotatable bonds is 2. The van der Waals surface area contributed by atoms with E-state index in [-0.39, 0.29) is 0 Å². The van der Waals surface area contributed by atoms with Crippen LogP contribution in [0.1, 0.15) is 13.8 Å². The van der Waals surface area contributed by atoms with Gasteiger partial charge in [-0.05, 0) is 32.0 Å². The summed E-state index contributed by atoms with van der Waals surface area (Å²) >= 11 is 0. The van der Waals surface area contributed by atoms with Gasteiger partial charge >= 0.3 is 0 Å². The molecule has 0 amide bonds. The number of benzene rings is 1. The highest BCUT2D eigenvalue weighted by Crippen LogP contribution is 2.20. The maximum Gasteiger partial charge on any atom is 0.0713 e. The first-order valence-electron chi connectivity index (χ1n) is 4.80. The van der Waals surface area contributed by atoms with E-state index in [1.165, 1.54) is 0 Å². The van der Waals surface area contributed by atoms with Crippen molar-refractivity contribution in [3.63, 3.8) is 0 Å². The molecule has 0 aliphatic heterocycles. The molecule has 0 atom stereocenters. The maximum absolute atomic E-state index is 5.86. The van der Waals surface area contributed by atoms with Crippen LogP contribution >= 0.6 is 0 Å². The van der Waals surface area contributed by atoms with Gasteiger partial charge in [-0.1, -0.05) is 6.07 Å². The SMILES string of the molecule is CC(C)Nn1ccc2c(N)cccc21. The Labute approximate surface area is 83.5 Å². The molecule has 2 aromatic rings. The number of fused-ring (bicyclic) bond motifs is 1. The number of nitrogens with two attached hydrogens (primary N) is 1. The topological polar surface area (TPSA) is 43.0 Å². The minimum absolute atomic E-state index is 0.409. The van der Waals surface area contributed by atoms with Gasteiger partial charge in [0.15, 0.2) is 0 Å². The minimum atomic E-state index is 0.409. The summed E-state index contributed by atoms with van der Waals surface area (Å²) in [5.74, 6) is 0. The second-order valence-electron chi connectivity index (χ2n) is 3.75. The fraction of sp³-hybridized carbons (Fsp3) is 0.273. The van der Waals surface area contributed by atoms with Crippen LogP contribution in [0.3, 0.4) is 0 Å². The first kappa shape index (κ1) is 8.94. The van der Waals surface area contributed by atoms with Gasteiger partial charge in [0.05, 0.1) is 5.52 Å². The first-order valence-corrected chi connectivity index (χ1v) is 4.80. The molecule has 0 spiro atoms. The molecule has 0 radical (unpaired) electrons. The monoisotopic (exact) mass is 189 g/mol. The molecule has 1 aromatic heterocycles. The molecule has 3 nitrogen and oxygen atoms in total. The molecule has 0 unspecified atom stereocenters. The van der Waals surface area contributed by atoms with Gasteiger partial charge in [0.2, 0.25) is 0 Å². The molecule has 2 rings (SSSR count). The van der Waals surface area contributed by atoms with Gasteiger partial charge in [-0.25, -0.2) is 0 Å². The fourth-order valence-corrected chi connectivity index (χ4v) is 1.58. The Balaban J connectivity index is 2.52. The zero-order chi connectivity index (χ0) is 10.1. The standard InChI is InChI=1S/C11H15N3/c1-8(2)13-14-7-6-9-10(12)4-3-5-11(9)14/h3-8,13H,12H2,1-2H3. The van der Waals surface area contributed by atoms with E-state index < -0.39 is 0 Å². The summed E-state index contributed by atoms with van der Waals surface area (Å²) in [4.78, 5) is 0. The highest BCUT2D eigenvalue weighted by molar-refractivity contribution is 5.91. The highest BCUT2D eigenvalue weighted by atomic mass is 15.4. The Bertz CT molecular complexity index is 443. The Kier molecular flexibility index (Phi) is 2.08. The summed E-state index contributed by atoms with van der Waals surface area (Å²) in [5.41, 5.74) is 11.1. The van der Waals surface area contributed by atoms with Gasteiger partial charge in [0.25, 0.3) is 0 Å². The van der Waals surface area contributed by atoms with Gasteiger partial charge in [0.1, 0.15) is 0 Å². The van der Waals surface area contributed by atoms with Crippen molar-refractivity contribution in [2.45, 2.75) is 19.9 Å². The van der Waals surface area contributed by atoms with E-state index in [1.807, 2.05) is 29.1 Å². The summed E-state index contributed by atoms with van der Waals surface area (Å²) in [5, 5.41) is 1.10. The zero-order valence-corrected chi connectivity index (χ0v) is 8.49. The summed E-state index contributed by atoms with van der Waals surface area (Å²) in [6.45, 7) is 4.22. The van der Waals surface area contributed by atoms with Crippen LogP contribution in [-0.4, -0.2) is 10.7 Å². The quantitative estimate of drug-likeness (QED) is 0.711. The summed E-state index contributed by atoms with van der Waals surface area (Å²) in [6, 6.07) is 8.38. The number of nitrogens with one attached hydrogen (secondary N) is 1. The Morgan fingerprint density at radius 1 is 1.29 bits per heavy atom. The predicted octanol–water partition coefficient (Wildman–Crippen LogP) is 2.18. The molecule has 1 aromatic carbocycles. The second-order valence-corrected chi connectivity index (χ2v) is 3.75. The van der Waals surface area contributed by atoms with Crippen LogP contribution in [0.15, 0.2) is 30.5 Å². The molecule has 1 heterocycles. The molecule has 0 saturated carbocycles. The average molecular weight is 189 g/mol. The minimum Gasteiger partial charge on any atom is -0.398 e. The van der Waals surface area contributed by atoms with Crippen molar-refractivity contribution < 1.29 is 0 Å². The van der Waals surface area contributed by atoms with Crippen LogP contribution in [0, 0.1) is 0 Å². The van der Waals surface area contributed by atoms with Crippen molar-refractivity contribution in [1.82, 2.24) is 4.68 Å². The van der Waals surface area contributed by atoms with Crippen LogP contribution in [-0.2, 0) is 0 Å². The summed E-state index contributed by atoms with van der Waals surface area (Å²) in [7, 11) is 0. The lowest BCUT2D eigenvalue weighted by Crippen LogP contribution is -2.20. The number of hydrogen-bond acceptors (Lipinski definition) is 2. The van der Waals surface area contributed by atoms with Crippen LogP contribution < -0.4 is 11.2 Å². The molecular weight excluding hydrogens is 174 g/mol. The van der Waals surface area contributed by atoms with E-state index in [0.717, 1.165) is 16.6 Å². The summed E-state index contributed by atoms with van der Waals surface area (Å²) in [6.07, 6.45) is 2.00. The zero-order valence-electron chi connectivity index (χ0n) is 8.49. The third-order valence-electron chi connectivity index (χ3n) is 2.16. The number of aromatic nitrogens is 1. The largest absolute Gasteiger partial charge is 0.398 e.